The fourth-order valence-corrected chi connectivity index (χ4v) is 2.64. The highest BCUT2D eigenvalue weighted by molar-refractivity contribution is 5.40. The molecule has 0 amide bonds. The van der Waals surface area contributed by atoms with Crippen LogP contribution in [0.2, 0.25) is 0 Å². The Morgan fingerprint density at radius 3 is 2.78 bits per heavy atom. The second kappa shape index (κ2) is 5.59. The summed E-state index contributed by atoms with van der Waals surface area (Å²) >= 11 is 0. The van der Waals surface area contributed by atoms with Crippen molar-refractivity contribution < 1.29 is 14.9 Å². The van der Waals surface area contributed by atoms with Crippen molar-refractivity contribution in [3.05, 3.63) is 23.8 Å². The molecule has 1 saturated carbocycles. The van der Waals surface area contributed by atoms with Gasteiger partial charge in [0.1, 0.15) is 11.5 Å². The summed E-state index contributed by atoms with van der Waals surface area (Å²) in [7, 11) is 1.75. The maximum Gasteiger partial charge on any atom is 0.120 e. The Morgan fingerprint density at radius 2 is 2.11 bits per heavy atom. The van der Waals surface area contributed by atoms with Gasteiger partial charge in [0.25, 0.3) is 0 Å². The molecule has 3 atom stereocenters. The predicted molar refractivity (Wildman–Crippen MR) is 69.8 cm³/mol. The van der Waals surface area contributed by atoms with Gasteiger partial charge < -0.3 is 20.3 Å². The topological polar surface area (TPSA) is 61.7 Å². The van der Waals surface area contributed by atoms with Crippen molar-refractivity contribution in [2.24, 2.45) is 0 Å². The van der Waals surface area contributed by atoms with Gasteiger partial charge in [0, 0.05) is 24.8 Å². The minimum Gasteiger partial charge on any atom is -0.508 e. The number of phenolic OH excluding ortho intramolecular Hbond substituents is 2. The summed E-state index contributed by atoms with van der Waals surface area (Å²) in [6, 6.07) is 5.04. The van der Waals surface area contributed by atoms with E-state index in [1.165, 1.54) is 12.1 Å². The van der Waals surface area contributed by atoms with Crippen LogP contribution in [0.4, 0.5) is 0 Å². The zero-order chi connectivity index (χ0) is 13.1. The van der Waals surface area contributed by atoms with Gasteiger partial charge in [-0.25, -0.2) is 0 Å². The maximum absolute atomic E-state index is 9.80. The molecule has 4 nitrogen and oxygen atoms in total. The predicted octanol–water partition coefficient (Wildman–Crippen LogP) is 2.32. The Kier molecular flexibility index (Phi) is 4.09. The molecule has 1 fully saturated rings. The van der Waals surface area contributed by atoms with Gasteiger partial charge in [-0.15, -0.1) is 0 Å². The Morgan fingerprint density at radius 1 is 1.33 bits per heavy atom. The van der Waals surface area contributed by atoms with E-state index in [1.54, 1.807) is 13.2 Å². The SMILES string of the molecule is COC1CCC(NC(C)c2cc(O)ccc2O)C1. The lowest BCUT2D eigenvalue weighted by atomic mass is 10.1. The van der Waals surface area contributed by atoms with Crippen molar-refractivity contribution in [1.82, 2.24) is 5.32 Å². The van der Waals surface area contributed by atoms with E-state index in [2.05, 4.69) is 5.32 Å². The molecule has 3 unspecified atom stereocenters. The number of rotatable bonds is 4. The first-order valence-electron chi connectivity index (χ1n) is 6.41. The normalized spacial score (nSPS) is 25.2. The fraction of sp³-hybridized carbons (Fsp3) is 0.571. The average Bonchev–Trinajstić information content (AvgIpc) is 2.80. The number of benzene rings is 1. The number of methoxy groups -OCH3 is 1. The second-order valence-corrected chi connectivity index (χ2v) is 5.00. The standard InChI is InChI=1S/C14H21NO3/c1-9(13-8-11(16)4-6-14(13)17)15-10-3-5-12(7-10)18-2/h4,6,8-10,12,15-17H,3,5,7H2,1-2H3. The van der Waals surface area contributed by atoms with Crippen LogP contribution in [0.25, 0.3) is 0 Å². The van der Waals surface area contributed by atoms with Crippen LogP contribution in [-0.4, -0.2) is 29.5 Å². The van der Waals surface area contributed by atoms with Crippen molar-refractivity contribution in [1.29, 1.82) is 0 Å². The van der Waals surface area contributed by atoms with Crippen LogP contribution >= 0.6 is 0 Å². The number of hydrogen-bond acceptors (Lipinski definition) is 4. The van der Waals surface area contributed by atoms with E-state index in [0.717, 1.165) is 24.8 Å². The Labute approximate surface area is 108 Å². The molecule has 0 bridgehead atoms. The van der Waals surface area contributed by atoms with Crippen LogP contribution in [0.5, 0.6) is 11.5 Å². The molecule has 0 radical (unpaired) electrons. The first kappa shape index (κ1) is 13.2. The van der Waals surface area contributed by atoms with Crippen molar-refractivity contribution >= 4 is 0 Å². The highest BCUT2D eigenvalue weighted by Gasteiger charge is 2.26. The van der Waals surface area contributed by atoms with Gasteiger partial charge >= 0.3 is 0 Å². The lowest BCUT2D eigenvalue weighted by Gasteiger charge is -2.20. The van der Waals surface area contributed by atoms with Gasteiger partial charge in [-0.05, 0) is 44.4 Å². The van der Waals surface area contributed by atoms with E-state index in [0.29, 0.717) is 12.1 Å². The van der Waals surface area contributed by atoms with Crippen LogP contribution in [0.3, 0.4) is 0 Å². The number of nitrogens with one attached hydrogen (secondary N) is 1. The number of ether oxygens (including phenoxy) is 1. The molecule has 0 saturated heterocycles. The zero-order valence-electron chi connectivity index (χ0n) is 10.9. The molecule has 2 rings (SSSR count). The molecular formula is C14H21NO3. The van der Waals surface area contributed by atoms with Crippen molar-refractivity contribution in [2.45, 2.75) is 44.4 Å². The van der Waals surface area contributed by atoms with Gasteiger partial charge in [-0.3, -0.25) is 0 Å². The third-order valence-electron chi connectivity index (χ3n) is 3.68. The summed E-state index contributed by atoms with van der Waals surface area (Å²) in [5.74, 6) is 0.395. The smallest absolute Gasteiger partial charge is 0.120 e. The minimum atomic E-state index is 0.0118. The minimum absolute atomic E-state index is 0.0118. The lowest BCUT2D eigenvalue weighted by molar-refractivity contribution is 0.106. The molecule has 1 aromatic rings. The van der Waals surface area contributed by atoms with E-state index in [9.17, 15) is 10.2 Å². The quantitative estimate of drug-likeness (QED) is 0.719. The molecule has 0 aliphatic heterocycles. The van der Waals surface area contributed by atoms with Crippen molar-refractivity contribution in [3.8, 4) is 11.5 Å². The Bertz CT molecular complexity index is 408. The molecular weight excluding hydrogens is 230 g/mol. The highest BCUT2D eigenvalue weighted by Crippen LogP contribution is 2.30. The molecule has 1 aromatic carbocycles. The summed E-state index contributed by atoms with van der Waals surface area (Å²) < 4.78 is 5.34. The van der Waals surface area contributed by atoms with Gasteiger partial charge in [-0.1, -0.05) is 0 Å². The molecule has 1 aliphatic rings. The van der Waals surface area contributed by atoms with Gasteiger partial charge in [-0.2, -0.15) is 0 Å². The second-order valence-electron chi connectivity index (χ2n) is 5.00. The third kappa shape index (κ3) is 2.94. The number of hydrogen-bond donors (Lipinski definition) is 3. The monoisotopic (exact) mass is 251 g/mol. The molecule has 0 spiro atoms. The third-order valence-corrected chi connectivity index (χ3v) is 3.68. The maximum atomic E-state index is 9.80. The van der Waals surface area contributed by atoms with Gasteiger partial charge in [0.15, 0.2) is 0 Å². The first-order chi connectivity index (χ1) is 8.60. The van der Waals surface area contributed by atoms with E-state index in [1.807, 2.05) is 6.92 Å². The summed E-state index contributed by atoms with van der Waals surface area (Å²) in [4.78, 5) is 0. The van der Waals surface area contributed by atoms with E-state index >= 15 is 0 Å². The van der Waals surface area contributed by atoms with Crippen LogP contribution in [0, 0.1) is 0 Å². The fourth-order valence-electron chi connectivity index (χ4n) is 2.64. The van der Waals surface area contributed by atoms with Crippen LogP contribution in [0.15, 0.2) is 18.2 Å². The molecule has 100 valence electrons. The van der Waals surface area contributed by atoms with Crippen LogP contribution in [0.1, 0.15) is 37.8 Å². The highest BCUT2D eigenvalue weighted by atomic mass is 16.5. The van der Waals surface area contributed by atoms with Crippen LogP contribution < -0.4 is 5.32 Å². The summed E-state index contributed by atoms with van der Waals surface area (Å²) in [6.45, 7) is 1.99. The summed E-state index contributed by atoms with van der Waals surface area (Å²) in [6.07, 6.45) is 3.50. The number of aromatic hydroxyl groups is 2. The molecule has 0 heterocycles. The number of phenols is 2. The Balaban J connectivity index is 1.99. The summed E-state index contributed by atoms with van der Waals surface area (Å²) in [5, 5.41) is 22.7. The molecule has 4 heteroatoms. The largest absolute Gasteiger partial charge is 0.508 e. The average molecular weight is 251 g/mol. The molecule has 18 heavy (non-hydrogen) atoms. The zero-order valence-corrected chi connectivity index (χ0v) is 10.9. The molecule has 3 N–H and O–H groups in total. The van der Waals surface area contributed by atoms with Gasteiger partial charge in [0.05, 0.1) is 6.10 Å². The lowest BCUT2D eigenvalue weighted by Crippen LogP contribution is -2.30. The van der Waals surface area contributed by atoms with E-state index in [-0.39, 0.29) is 17.5 Å². The van der Waals surface area contributed by atoms with Gasteiger partial charge in [0.2, 0.25) is 0 Å². The first-order valence-corrected chi connectivity index (χ1v) is 6.41. The van der Waals surface area contributed by atoms with Crippen LogP contribution in [-0.2, 0) is 4.74 Å². The molecule has 0 aromatic heterocycles. The van der Waals surface area contributed by atoms with E-state index < -0.39 is 0 Å². The van der Waals surface area contributed by atoms with Crippen molar-refractivity contribution in [3.63, 3.8) is 0 Å². The Hall–Kier alpha value is -1.26. The van der Waals surface area contributed by atoms with Crippen molar-refractivity contribution in [2.75, 3.05) is 7.11 Å². The molecule has 1 aliphatic carbocycles. The van der Waals surface area contributed by atoms with E-state index in [4.69, 9.17) is 4.74 Å². The summed E-state index contributed by atoms with van der Waals surface area (Å²) in [5.41, 5.74) is 0.732.